The van der Waals surface area contributed by atoms with E-state index in [4.69, 9.17) is 9.47 Å². The zero-order valence-corrected chi connectivity index (χ0v) is 14.1. The molecule has 1 aliphatic rings. The van der Waals surface area contributed by atoms with Gasteiger partial charge in [-0.2, -0.15) is 0 Å². The summed E-state index contributed by atoms with van der Waals surface area (Å²) in [5.41, 5.74) is -0.783. The van der Waals surface area contributed by atoms with Gasteiger partial charge in [0, 0.05) is 5.41 Å². The van der Waals surface area contributed by atoms with E-state index >= 15 is 0 Å². The van der Waals surface area contributed by atoms with E-state index in [9.17, 15) is 9.90 Å². The number of esters is 1. The Hall–Kier alpha value is -2.17. The van der Waals surface area contributed by atoms with Crippen LogP contribution in [0.5, 0.6) is 0 Å². The van der Waals surface area contributed by atoms with Gasteiger partial charge in [-0.1, -0.05) is 81.4 Å². The average Bonchev–Trinajstić information content (AvgIpc) is 2.94. The quantitative estimate of drug-likeness (QED) is 0.876. The predicted molar refractivity (Wildman–Crippen MR) is 89.9 cm³/mol. The zero-order valence-electron chi connectivity index (χ0n) is 14.1. The Morgan fingerprint density at radius 3 is 2.04 bits per heavy atom. The van der Waals surface area contributed by atoms with Crippen molar-refractivity contribution in [3.05, 3.63) is 71.8 Å². The van der Waals surface area contributed by atoms with Crippen LogP contribution >= 0.6 is 0 Å². The highest BCUT2D eigenvalue weighted by Gasteiger charge is 2.59. The highest BCUT2D eigenvalue weighted by molar-refractivity contribution is 5.84. The number of rotatable bonds is 3. The smallest absolute Gasteiger partial charge is 0.348 e. The predicted octanol–water partition coefficient (Wildman–Crippen LogP) is 3.56. The monoisotopic (exact) mass is 326 g/mol. The summed E-state index contributed by atoms with van der Waals surface area (Å²) in [5.74, 6) is -0.565. The van der Waals surface area contributed by atoms with Gasteiger partial charge >= 0.3 is 5.97 Å². The first-order chi connectivity index (χ1) is 11.4. The Labute approximate surface area is 142 Å². The third-order valence-corrected chi connectivity index (χ3v) is 4.22. The van der Waals surface area contributed by atoms with E-state index in [2.05, 4.69) is 0 Å². The van der Waals surface area contributed by atoms with Gasteiger partial charge in [0.05, 0.1) is 0 Å². The largest absolute Gasteiger partial charge is 0.433 e. The van der Waals surface area contributed by atoms with Crippen LogP contribution in [0.3, 0.4) is 0 Å². The molecule has 0 saturated carbocycles. The van der Waals surface area contributed by atoms with E-state index in [0.717, 1.165) is 0 Å². The molecular formula is C20H22O4. The second kappa shape index (κ2) is 6.04. The highest BCUT2D eigenvalue weighted by Crippen LogP contribution is 2.47. The molecule has 1 fully saturated rings. The van der Waals surface area contributed by atoms with Gasteiger partial charge in [-0.3, -0.25) is 0 Å². The van der Waals surface area contributed by atoms with Gasteiger partial charge in [-0.15, -0.1) is 0 Å². The first-order valence-electron chi connectivity index (χ1n) is 8.03. The third-order valence-electron chi connectivity index (χ3n) is 4.22. The molecule has 0 bridgehead atoms. The minimum Gasteiger partial charge on any atom is -0.433 e. The fraction of sp³-hybridized carbons (Fsp3) is 0.350. The molecule has 3 rings (SSSR count). The van der Waals surface area contributed by atoms with E-state index in [1.807, 2.05) is 57.2 Å². The van der Waals surface area contributed by atoms with Gasteiger partial charge in [0.1, 0.15) is 6.10 Å². The second-order valence-corrected chi connectivity index (χ2v) is 7.14. The first kappa shape index (κ1) is 16.7. The van der Waals surface area contributed by atoms with Crippen LogP contribution in [0.4, 0.5) is 0 Å². The van der Waals surface area contributed by atoms with Gasteiger partial charge in [-0.05, 0) is 11.1 Å². The Morgan fingerprint density at radius 1 is 1.00 bits per heavy atom. The molecule has 1 aliphatic heterocycles. The summed E-state index contributed by atoms with van der Waals surface area (Å²) in [7, 11) is 0. The molecule has 4 nitrogen and oxygen atoms in total. The molecule has 0 spiro atoms. The fourth-order valence-corrected chi connectivity index (χ4v) is 2.85. The number of carbonyl (C=O) groups is 1. The maximum Gasteiger partial charge on any atom is 0.348 e. The van der Waals surface area contributed by atoms with E-state index in [-0.39, 0.29) is 0 Å². The number of benzene rings is 2. The van der Waals surface area contributed by atoms with Crippen molar-refractivity contribution in [2.24, 2.45) is 5.41 Å². The molecule has 24 heavy (non-hydrogen) atoms. The molecule has 0 aromatic heterocycles. The summed E-state index contributed by atoms with van der Waals surface area (Å²) in [4.78, 5) is 12.9. The Balaban J connectivity index is 2.11. The Morgan fingerprint density at radius 2 is 1.54 bits per heavy atom. The molecule has 0 radical (unpaired) electrons. The van der Waals surface area contributed by atoms with Crippen LogP contribution in [0.1, 0.15) is 38.0 Å². The van der Waals surface area contributed by atoms with Crippen molar-refractivity contribution in [1.82, 2.24) is 0 Å². The molecule has 126 valence electrons. The maximum absolute atomic E-state index is 12.9. The summed E-state index contributed by atoms with van der Waals surface area (Å²) in [6.45, 7) is 5.79. The number of cyclic esters (lactones) is 1. The lowest BCUT2D eigenvalue weighted by molar-refractivity contribution is -0.175. The van der Waals surface area contributed by atoms with E-state index < -0.39 is 29.4 Å². The van der Waals surface area contributed by atoms with E-state index in [0.29, 0.717) is 11.1 Å². The van der Waals surface area contributed by atoms with Crippen molar-refractivity contribution in [2.45, 2.75) is 38.8 Å². The number of aliphatic hydroxyl groups is 1. The lowest BCUT2D eigenvalue weighted by Gasteiger charge is -2.32. The zero-order chi connectivity index (χ0) is 17.4. The summed E-state index contributed by atoms with van der Waals surface area (Å²) >= 11 is 0. The minimum absolute atomic E-state index is 0.400. The number of hydrogen-bond acceptors (Lipinski definition) is 4. The van der Waals surface area contributed by atoms with Crippen LogP contribution in [-0.2, 0) is 19.9 Å². The molecule has 2 aromatic carbocycles. The summed E-state index contributed by atoms with van der Waals surface area (Å²) in [6.07, 6.45) is -1.90. The maximum atomic E-state index is 12.9. The average molecular weight is 326 g/mol. The highest BCUT2D eigenvalue weighted by atomic mass is 16.8. The molecule has 0 amide bonds. The van der Waals surface area contributed by atoms with E-state index in [1.54, 1.807) is 24.3 Å². The normalized spacial score (nSPS) is 25.3. The summed E-state index contributed by atoms with van der Waals surface area (Å²) in [6, 6.07) is 18.1. The number of hydrogen-bond donors (Lipinski definition) is 1. The number of ether oxygens (including phenoxy) is 2. The van der Waals surface area contributed by atoms with Crippen molar-refractivity contribution in [3.63, 3.8) is 0 Å². The number of carbonyl (C=O) groups excluding carboxylic acids is 1. The van der Waals surface area contributed by atoms with Crippen LogP contribution in [0.25, 0.3) is 0 Å². The SMILES string of the molecule is CC(C)(C)[C@@H]1OC(=O)[C@](c2ccccc2)([C@@H](O)c2ccccc2)O1. The van der Waals surface area contributed by atoms with Crippen molar-refractivity contribution >= 4 is 5.97 Å². The van der Waals surface area contributed by atoms with Gasteiger partial charge in [-0.25, -0.2) is 4.79 Å². The lowest BCUT2D eigenvalue weighted by atomic mass is 9.84. The second-order valence-electron chi connectivity index (χ2n) is 7.14. The molecular weight excluding hydrogens is 304 g/mol. The van der Waals surface area contributed by atoms with Gasteiger partial charge < -0.3 is 14.6 Å². The van der Waals surface area contributed by atoms with Crippen LogP contribution in [0.2, 0.25) is 0 Å². The van der Waals surface area contributed by atoms with Crippen LogP contribution in [0, 0.1) is 5.41 Å². The van der Waals surface area contributed by atoms with Crippen molar-refractivity contribution < 1.29 is 19.4 Å². The standard InChI is InChI=1S/C20H22O4/c1-19(2,3)18-23-17(22)20(24-18,15-12-8-5-9-13-15)16(21)14-10-6-4-7-11-14/h4-13,16,18,21H,1-3H3/t16-,18+,20-/m0/s1. The van der Waals surface area contributed by atoms with Gasteiger partial charge in [0.2, 0.25) is 11.9 Å². The van der Waals surface area contributed by atoms with Crippen LogP contribution < -0.4 is 0 Å². The Bertz CT molecular complexity index is 705. The molecule has 1 saturated heterocycles. The first-order valence-corrected chi connectivity index (χ1v) is 8.03. The molecule has 0 aliphatic carbocycles. The van der Waals surface area contributed by atoms with Crippen LogP contribution in [-0.4, -0.2) is 17.4 Å². The summed E-state index contributed by atoms with van der Waals surface area (Å²) in [5, 5.41) is 11.1. The number of aliphatic hydroxyl groups excluding tert-OH is 1. The minimum atomic E-state index is -1.57. The molecule has 3 atom stereocenters. The van der Waals surface area contributed by atoms with E-state index in [1.165, 1.54) is 0 Å². The van der Waals surface area contributed by atoms with Crippen molar-refractivity contribution in [3.8, 4) is 0 Å². The van der Waals surface area contributed by atoms with Gasteiger partial charge in [0.25, 0.3) is 0 Å². The fourth-order valence-electron chi connectivity index (χ4n) is 2.85. The molecule has 1 heterocycles. The van der Waals surface area contributed by atoms with Crippen molar-refractivity contribution in [1.29, 1.82) is 0 Å². The van der Waals surface area contributed by atoms with Crippen molar-refractivity contribution in [2.75, 3.05) is 0 Å². The molecule has 0 unspecified atom stereocenters. The lowest BCUT2D eigenvalue weighted by Crippen LogP contribution is -2.41. The molecule has 4 heteroatoms. The topological polar surface area (TPSA) is 55.8 Å². The van der Waals surface area contributed by atoms with Gasteiger partial charge in [0.15, 0.2) is 0 Å². The molecule has 2 aromatic rings. The van der Waals surface area contributed by atoms with Crippen LogP contribution in [0.15, 0.2) is 60.7 Å². The summed E-state index contributed by atoms with van der Waals surface area (Å²) < 4.78 is 11.6. The Kier molecular flexibility index (Phi) is 4.20. The molecule has 1 N–H and O–H groups in total. The third kappa shape index (κ3) is 2.72.